The average molecular weight is 391 g/mol. The summed E-state index contributed by atoms with van der Waals surface area (Å²) in [5.74, 6) is 0.973. The summed E-state index contributed by atoms with van der Waals surface area (Å²) in [4.78, 5) is 0. The van der Waals surface area contributed by atoms with E-state index in [9.17, 15) is 10.2 Å². The molecule has 3 N–H and O–H groups in total. The number of phenolic OH excluding ortho intramolecular Hbond substituents is 2. The van der Waals surface area contributed by atoms with E-state index in [4.69, 9.17) is 12.2 Å². The number of hydrogen-bond donors (Lipinski definition) is 3. The first-order valence-electron chi connectivity index (χ1n) is 9.16. The van der Waals surface area contributed by atoms with Crippen LogP contribution in [0, 0.1) is 10.7 Å². The van der Waals surface area contributed by atoms with E-state index < -0.39 is 0 Å². The van der Waals surface area contributed by atoms with Gasteiger partial charge in [0.1, 0.15) is 11.5 Å². The van der Waals surface area contributed by atoms with Gasteiger partial charge in [-0.05, 0) is 53.7 Å². The average Bonchev–Trinajstić information content (AvgIpc) is 3.03. The number of nitrogens with one attached hydrogen (secondary N) is 1. The minimum Gasteiger partial charge on any atom is -0.508 e. The molecule has 1 heterocycles. The first-order chi connectivity index (χ1) is 13.5. The maximum atomic E-state index is 10.3. The molecule has 0 fully saturated rings. The Labute approximate surface area is 167 Å². The Morgan fingerprint density at radius 3 is 2.50 bits per heavy atom. The Kier molecular flexibility index (Phi) is 4.65. The second-order valence-electron chi connectivity index (χ2n) is 7.28. The van der Waals surface area contributed by atoms with Crippen molar-refractivity contribution in [2.75, 3.05) is 0 Å². The molecule has 4 aromatic rings. The van der Waals surface area contributed by atoms with Crippen LogP contribution in [-0.2, 0) is 6.42 Å². The minimum absolute atomic E-state index is 0.00887. The van der Waals surface area contributed by atoms with E-state index in [1.807, 2.05) is 22.8 Å². The van der Waals surface area contributed by atoms with Crippen LogP contribution in [0.2, 0.25) is 0 Å². The maximum Gasteiger partial charge on any atom is 0.200 e. The quantitative estimate of drug-likeness (QED) is 0.410. The van der Waals surface area contributed by atoms with E-state index in [0.29, 0.717) is 22.1 Å². The number of nitrogens with zero attached hydrogens (tertiary/aromatic N) is 2. The van der Waals surface area contributed by atoms with Crippen molar-refractivity contribution in [3.05, 3.63) is 64.9 Å². The van der Waals surface area contributed by atoms with E-state index in [2.05, 4.69) is 42.2 Å². The van der Waals surface area contributed by atoms with Gasteiger partial charge in [0.05, 0.1) is 11.3 Å². The molecular weight excluding hydrogens is 370 g/mol. The standard InChI is InChI=1S/C22H21N3O2S/c1-13(2)11-14-7-10-19(17-6-4-3-5-16(14)17)25-21(23-24-22(25)28)18-9-8-15(26)12-20(18)27/h3-10,12-13,26-27H,11H2,1-2H3,(H,24,28). The lowest BCUT2D eigenvalue weighted by molar-refractivity contribution is 0.451. The van der Waals surface area contributed by atoms with Crippen LogP contribution in [0.3, 0.4) is 0 Å². The van der Waals surface area contributed by atoms with Crippen molar-refractivity contribution in [1.29, 1.82) is 0 Å². The SMILES string of the molecule is CC(C)Cc1ccc(-n2c(-c3ccc(O)cc3O)n[nH]c2=S)c2ccccc12. The Morgan fingerprint density at radius 1 is 1.04 bits per heavy atom. The van der Waals surface area contributed by atoms with E-state index in [-0.39, 0.29) is 11.5 Å². The van der Waals surface area contributed by atoms with Gasteiger partial charge in [-0.3, -0.25) is 9.67 Å². The minimum atomic E-state index is -0.0593. The van der Waals surface area contributed by atoms with Crippen LogP contribution in [0.15, 0.2) is 54.6 Å². The molecule has 3 aromatic carbocycles. The highest BCUT2D eigenvalue weighted by molar-refractivity contribution is 7.71. The van der Waals surface area contributed by atoms with Crippen LogP contribution < -0.4 is 0 Å². The highest BCUT2D eigenvalue weighted by Crippen LogP contribution is 2.34. The first kappa shape index (κ1) is 18.3. The number of aromatic nitrogens is 3. The number of rotatable bonds is 4. The molecule has 0 radical (unpaired) electrons. The lowest BCUT2D eigenvalue weighted by Gasteiger charge is -2.15. The number of hydrogen-bond acceptors (Lipinski definition) is 4. The molecule has 5 nitrogen and oxygen atoms in total. The summed E-state index contributed by atoms with van der Waals surface area (Å²) >= 11 is 5.50. The van der Waals surface area contributed by atoms with Crippen molar-refractivity contribution in [1.82, 2.24) is 14.8 Å². The second kappa shape index (κ2) is 7.13. The smallest absolute Gasteiger partial charge is 0.200 e. The normalized spacial score (nSPS) is 11.4. The molecule has 0 atom stereocenters. The second-order valence-corrected chi connectivity index (χ2v) is 7.66. The van der Waals surface area contributed by atoms with E-state index in [1.54, 1.807) is 6.07 Å². The molecule has 142 valence electrons. The van der Waals surface area contributed by atoms with E-state index in [1.165, 1.54) is 23.1 Å². The number of H-pyrrole nitrogens is 1. The van der Waals surface area contributed by atoms with E-state index >= 15 is 0 Å². The van der Waals surface area contributed by atoms with Crippen molar-refractivity contribution in [3.8, 4) is 28.6 Å². The lowest BCUT2D eigenvalue weighted by atomic mass is 9.96. The molecule has 0 spiro atoms. The van der Waals surface area contributed by atoms with Crippen LogP contribution in [0.4, 0.5) is 0 Å². The molecule has 6 heteroatoms. The largest absolute Gasteiger partial charge is 0.508 e. The lowest BCUT2D eigenvalue weighted by Crippen LogP contribution is -2.02. The van der Waals surface area contributed by atoms with Gasteiger partial charge in [-0.1, -0.05) is 44.2 Å². The molecule has 0 aliphatic carbocycles. The zero-order valence-corrected chi connectivity index (χ0v) is 16.5. The number of fused-ring (bicyclic) bond motifs is 1. The van der Waals surface area contributed by atoms with E-state index in [0.717, 1.165) is 17.5 Å². The molecule has 4 rings (SSSR count). The summed E-state index contributed by atoms with van der Waals surface area (Å²) in [6.07, 6.45) is 0.989. The first-order valence-corrected chi connectivity index (χ1v) is 9.57. The Morgan fingerprint density at radius 2 is 1.79 bits per heavy atom. The molecule has 28 heavy (non-hydrogen) atoms. The zero-order chi connectivity index (χ0) is 19.8. The molecule has 0 aliphatic heterocycles. The van der Waals surface area contributed by atoms with Crippen LogP contribution >= 0.6 is 12.2 Å². The topological polar surface area (TPSA) is 74.1 Å². The molecule has 0 saturated carbocycles. The van der Waals surface area contributed by atoms with Gasteiger partial charge in [-0.15, -0.1) is 0 Å². The number of aromatic amines is 1. The fraction of sp³-hybridized carbons (Fsp3) is 0.182. The summed E-state index contributed by atoms with van der Waals surface area (Å²) in [6, 6.07) is 16.9. The fourth-order valence-electron chi connectivity index (χ4n) is 3.57. The predicted octanol–water partition coefficient (Wildman–Crippen LogP) is 5.36. The van der Waals surface area contributed by atoms with Gasteiger partial charge in [0.25, 0.3) is 0 Å². The Bertz CT molecular complexity index is 1220. The van der Waals surface area contributed by atoms with Crippen LogP contribution in [0.5, 0.6) is 11.5 Å². The van der Waals surface area contributed by atoms with Crippen molar-refractivity contribution in [2.45, 2.75) is 20.3 Å². The molecule has 0 unspecified atom stereocenters. The summed E-state index contributed by atoms with van der Waals surface area (Å²) < 4.78 is 2.26. The summed E-state index contributed by atoms with van der Waals surface area (Å²) in [5, 5.41) is 29.3. The van der Waals surface area contributed by atoms with Gasteiger partial charge in [0, 0.05) is 11.5 Å². The highest BCUT2D eigenvalue weighted by Gasteiger charge is 2.17. The van der Waals surface area contributed by atoms with Crippen molar-refractivity contribution >= 4 is 23.0 Å². The van der Waals surface area contributed by atoms with Gasteiger partial charge in [0.15, 0.2) is 10.6 Å². The number of phenols is 2. The molecule has 0 saturated heterocycles. The van der Waals surface area contributed by atoms with Crippen LogP contribution in [-0.4, -0.2) is 25.0 Å². The summed E-state index contributed by atoms with van der Waals surface area (Å²) in [5.41, 5.74) is 2.67. The van der Waals surface area contributed by atoms with Crippen molar-refractivity contribution in [2.24, 2.45) is 5.92 Å². The third-order valence-corrected chi connectivity index (χ3v) is 5.03. The number of benzene rings is 3. The molecule has 0 aliphatic rings. The predicted molar refractivity (Wildman–Crippen MR) is 114 cm³/mol. The van der Waals surface area contributed by atoms with Crippen LogP contribution in [0.25, 0.3) is 27.8 Å². The summed E-state index contributed by atoms with van der Waals surface area (Å²) in [7, 11) is 0. The van der Waals surface area contributed by atoms with Crippen molar-refractivity contribution in [3.63, 3.8) is 0 Å². The van der Waals surface area contributed by atoms with Gasteiger partial charge < -0.3 is 10.2 Å². The van der Waals surface area contributed by atoms with Gasteiger partial charge >= 0.3 is 0 Å². The maximum absolute atomic E-state index is 10.3. The van der Waals surface area contributed by atoms with Crippen molar-refractivity contribution < 1.29 is 10.2 Å². The Balaban J connectivity index is 1.98. The molecule has 0 amide bonds. The summed E-state index contributed by atoms with van der Waals surface area (Å²) in [6.45, 7) is 4.42. The Hall–Kier alpha value is -3.12. The monoisotopic (exact) mass is 391 g/mol. The number of aromatic hydroxyl groups is 2. The highest BCUT2D eigenvalue weighted by atomic mass is 32.1. The van der Waals surface area contributed by atoms with Crippen LogP contribution in [0.1, 0.15) is 19.4 Å². The van der Waals surface area contributed by atoms with Gasteiger partial charge in [0.2, 0.25) is 0 Å². The molecule has 1 aromatic heterocycles. The molecular formula is C22H21N3O2S. The third kappa shape index (κ3) is 3.16. The zero-order valence-electron chi connectivity index (χ0n) is 15.7. The molecule has 0 bridgehead atoms. The van der Waals surface area contributed by atoms with Gasteiger partial charge in [-0.2, -0.15) is 5.10 Å². The van der Waals surface area contributed by atoms with Gasteiger partial charge in [-0.25, -0.2) is 0 Å². The fourth-order valence-corrected chi connectivity index (χ4v) is 3.80. The third-order valence-electron chi connectivity index (χ3n) is 4.75.